The van der Waals surface area contributed by atoms with Crippen LogP contribution in [0.15, 0.2) is 0 Å². The molecule has 106 valence electrons. The number of carbonyl (C=O) groups is 1. The van der Waals surface area contributed by atoms with E-state index >= 15 is 0 Å². The molecule has 1 saturated carbocycles. The Labute approximate surface area is 117 Å². The van der Waals surface area contributed by atoms with Gasteiger partial charge in [-0.2, -0.15) is 10.4 Å². The molecule has 6 nitrogen and oxygen atoms in total. The van der Waals surface area contributed by atoms with E-state index in [1.165, 1.54) is 0 Å². The minimum absolute atomic E-state index is 0.0651. The quantitative estimate of drug-likeness (QED) is 0.857. The number of amides is 1. The first kappa shape index (κ1) is 13.1. The number of aromatic nitrogens is 2. The average Bonchev–Trinajstić information content (AvgIpc) is 2.77. The second-order valence-corrected chi connectivity index (χ2v) is 5.76. The van der Waals surface area contributed by atoms with Crippen LogP contribution in [0.5, 0.6) is 0 Å². The number of nitrogens with zero attached hydrogens (tertiary/aromatic N) is 2. The molecule has 2 aliphatic rings. The van der Waals surface area contributed by atoms with Crippen molar-refractivity contribution >= 4 is 5.91 Å². The van der Waals surface area contributed by atoms with Gasteiger partial charge in [-0.15, -0.1) is 0 Å². The van der Waals surface area contributed by atoms with Crippen LogP contribution < -0.4 is 5.32 Å². The van der Waals surface area contributed by atoms with Gasteiger partial charge < -0.3 is 10.1 Å². The summed E-state index contributed by atoms with van der Waals surface area (Å²) < 4.78 is 5.70. The standard InChI is InChI=1S/C14H18N4O2/c1-8-6-10-11(9(2)20-8)17-18-12(10)13(19)16-14(7-15)4-3-5-14/h8-9H,3-6H2,1-2H3,(H,16,19)(H,17,18)/t8-,9+/m1/s1. The van der Waals surface area contributed by atoms with Gasteiger partial charge in [0.25, 0.3) is 5.91 Å². The normalized spacial score (nSPS) is 27.1. The van der Waals surface area contributed by atoms with E-state index in [0.29, 0.717) is 12.1 Å². The van der Waals surface area contributed by atoms with Gasteiger partial charge in [-0.1, -0.05) is 0 Å². The summed E-state index contributed by atoms with van der Waals surface area (Å²) >= 11 is 0. The summed E-state index contributed by atoms with van der Waals surface area (Å²) in [5.74, 6) is -0.259. The molecule has 1 fully saturated rings. The summed E-state index contributed by atoms with van der Waals surface area (Å²) in [5.41, 5.74) is 1.50. The lowest BCUT2D eigenvalue weighted by molar-refractivity contribution is -0.00698. The molecule has 6 heteroatoms. The fourth-order valence-electron chi connectivity index (χ4n) is 2.93. The number of carbonyl (C=O) groups excluding carboxylic acids is 1. The number of H-pyrrole nitrogens is 1. The van der Waals surface area contributed by atoms with E-state index in [1.807, 2.05) is 13.8 Å². The van der Waals surface area contributed by atoms with Gasteiger partial charge in [0, 0.05) is 12.0 Å². The number of fused-ring (bicyclic) bond motifs is 1. The second-order valence-electron chi connectivity index (χ2n) is 5.76. The zero-order chi connectivity index (χ0) is 14.3. The van der Waals surface area contributed by atoms with Gasteiger partial charge >= 0.3 is 0 Å². The molecule has 1 aromatic rings. The molecule has 0 unspecified atom stereocenters. The molecule has 0 bridgehead atoms. The van der Waals surface area contributed by atoms with E-state index in [9.17, 15) is 10.1 Å². The van der Waals surface area contributed by atoms with Crippen molar-refractivity contribution in [1.29, 1.82) is 5.26 Å². The summed E-state index contributed by atoms with van der Waals surface area (Å²) in [5, 5.41) is 19.1. The predicted octanol–water partition coefficient (Wildman–Crippen LogP) is 1.61. The summed E-state index contributed by atoms with van der Waals surface area (Å²) in [6.45, 7) is 3.92. The van der Waals surface area contributed by atoms with Crippen LogP contribution in [0.3, 0.4) is 0 Å². The molecule has 1 amide bonds. The van der Waals surface area contributed by atoms with Crippen LogP contribution in [0.4, 0.5) is 0 Å². The number of ether oxygens (including phenoxy) is 1. The lowest BCUT2D eigenvalue weighted by Crippen LogP contribution is -2.52. The lowest BCUT2D eigenvalue weighted by atomic mass is 9.78. The molecule has 20 heavy (non-hydrogen) atoms. The molecule has 0 aromatic carbocycles. The zero-order valence-electron chi connectivity index (χ0n) is 11.7. The average molecular weight is 274 g/mol. The molecule has 1 aliphatic carbocycles. The Morgan fingerprint density at radius 1 is 1.55 bits per heavy atom. The molecule has 0 radical (unpaired) electrons. The van der Waals surface area contributed by atoms with E-state index in [4.69, 9.17) is 4.74 Å². The number of rotatable bonds is 2. The van der Waals surface area contributed by atoms with Crippen molar-refractivity contribution in [2.24, 2.45) is 0 Å². The highest BCUT2D eigenvalue weighted by molar-refractivity contribution is 5.95. The smallest absolute Gasteiger partial charge is 0.273 e. The molecule has 1 aliphatic heterocycles. The number of nitrogens with one attached hydrogen (secondary N) is 2. The maximum absolute atomic E-state index is 12.4. The van der Waals surface area contributed by atoms with Gasteiger partial charge in [-0.3, -0.25) is 9.89 Å². The van der Waals surface area contributed by atoms with E-state index in [-0.39, 0.29) is 18.1 Å². The third-order valence-electron chi connectivity index (χ3n) is 4.22. The van der Waals surface area contributed by atoms with Gasteiger partial charge in [0.05, 0.1) is 24.0 Å². The number of hydrogen-bond donors (Lipinski definition) is 2. The molecular formula is C14H18N4O2. The van der Waals surface area contributed by atoms with Crippen molar-refractivity contribution in [2.45, 2.75) is 57.3 Å². The first-order valence-corrected chi connectivity index (χ1v) is 7.01. The molecule has 2 N–H and O–H groups in total. The van der Waals surface area contributed by atoms with Crippen molar-refractivity contribution in [1.82, 2.24) is 15.5 Å². The summed E-state index contributed by atoms with van der Waals surface area (Å²) in [6, 6.07) is 2.21. The number of aromatic amines is 1. The number of hydrogen-bond acceptors (Lipinski definition) is 4. The van der Waals surface area contributed by atoms with Gasteiger partial charge in [0.15, 0.2) is 5.69 Å². The summed E-state index contributed by atoms with van der Waals surface area (Å²) in [7, 11) is 0. The highest BCUT2D eigenvalue weighted by Gasteiger charge is 2.40. The van der Waals surface area contributed by atoms with Crippen LogP contribution in [0.2, 0.25) is 0 Å². The Morgan fingerprint density at radius 2 is 2.30 bits per heavy atom. The van der Waals surface area contributed by atoms with Crippen molar-refractivity contribution in [3.05, 3.63) is 17.0 Å². The molecule has 2 heterocycles. The minimum Gasteiger partial charge on any atom is -0.369 e. The van der Waals surface area contributed by atoms with E-state index < -0.39 is 5.54 Å². The Hall–Kier alpha value is -1.87. The van der Waals surface area contributed by atoms with Crippen molar-refractivity contribution < 1.29 is 9.53 Å². The monoisotopic (exact) mass is 274 g/mol. The van der Waals surface area contributed by atoms with Gasteiger partial charge in [-0.05, 0) is 33.1 Å². The molecular weight excluding hydrogens is 256 g/mol. The van der Waals surface area contributed by atoms with Gasteiger partial charge in [-0.25, -0.2) is 0 Å². The van der Waals surface area contributed by atoms with Crippen LogP contribution in [0, 0.1) is 11.3 Å². The highest BCUT2D eigenvalue weighted by atomic mass is 16.5. The van der Waals surface area contributed by atoms with Crippen LogP contribution >= 0.6 is 0 Å². The Balaban J connectivity index is 1.85. The van der Waals surface area contributed by atoms with Crippen LogP contribution in [-0.2, 0) is 11.2 Å². The van der Waals surface area contributed by atoms with Gasteiger partial charge in [0.1, 0.15) is 5.54 Å². The second kappa shape index (κ2) is 4.60. The predicted molar refractivity (Wildman–Crippen MR) is 70.9 cm³/mol. The summed E-state index contributed by atoms with van der Waals surface area (Å²) in [6.07, 6.45) is 3.06. The van der Waals surface area contributed by atoms with Crippen molar-refractivity contribution in [2.75, 3.05) is 0 Å². The molecule has 3 rings (SSSR count). The molecule has 0 spiro atoms. The Morgan fingerprint density at radius 3 is 2.90 bits per heavy atom. The fraction of sp³-hybridized carbons (Fsp3) is 0.643. The van der Waals surface area contributed by atoms with Crippen LogP contribution in [0.1, 0.15) is 61.0 Å². The topological polar surface area (TPSA) is 90.8 Å². The highest BCUT2D eigenvalue weighted by Crippen LogP contribution is 2.33. The summed E-state index contributed by atoms with van der Waals surface area (Å²) in [4.78, 5) is 12.4. The molecule has 0 saturated heterocycles. The van der Waals surface area contributed by atoms with E-state index in [1.54, 1.807) is 0 Å². The zero-order valence-corrected chi connectivity index (χ0v) is 11.7. The SMILES string of the molecule is C[C@@H]1Cc2c(C(=O)NC3(C#N)CCC3)n[nH]c2[C@H](C)O1. The van der Waals surface area contributed by atoms with Crippen LogP contribution in [-0.4, -0.2) is 27.7 Å². The third-order valence-corrected chi connectivity index (χ3v) is 4.22. The first-order valence-electron chi connectivity index (χ1n) is 7.01. The minimum atomic E-state index is -0.689. The van der Waals surface area contributed by atoms with E-state index in [2.05, 4.69) is 21.6 Å². The maximum Gasteiger partial charge on any atom is 0.273 e. The number of nitriles is 1. The van der Waals surface area contributed by atoms with Crippen molar-refractivity contribution in [3.63, 3.8) is 0 Å². The maximum atomic E-state index is 12.4. The molecule has 2 atom stereocenters. The van der Waals surface area contributed by atoms with Gasteiger partial charge in [0.2, 0.25) is 0 Å². The van der Waals surface area contributed by atoms with Crippen LogP contribution in [0.25, 0.3) is 0 Å². The Kier molecular flexibility index (Phi) is 3.02. The first-order chi connectivity index (χ1) is 9.54. The fourth-order valence-corrected chi connectivity index (χ4v) is 2.93. The Bertz CT molecular complexity index is 582. The van der Waals surface area contributed by atoms with Crippen molar-refractivity contribution in [3.8, 4) is 6.07 Å². The van der Waals surface area contributed by atoms with E-state index in [0.717, 1.165) is 30.5 Å². The largest absolute Gasteiger partial charge is 0.369 e. The molecule has 1 aromatic heterocycles. The lowest BCUT2D eigenvalue weighted by Gasteiger charge is -2.35. The third kappa shape index (κ3) is 1.98.